The van der Waals surface area contributed by atoms with Crippen LogP contribution in [0.4, 0.5) is 10.5 Å². The van der Waals surface area contributed by atoms with Crippen molar-refractivity contribution >= 4 is 11.7 Å². The second kappa shape index (κ2) is 8.87. The second-order valence-electron chi connectivity index (χ2n) is 8.26. The van der Waals surface area contributed by atoms with Crippen LogP contribution in [0.1, 0.15) is 35.3 Å². The fourth-order valence-electron chi connectivity index (χ4n) is 4.53. The lowest BCUT2D eigenvalue weighted by molar-refractivity contribution is 0.194. The van der Waals surface area contributed by atoms with Gasteiger partial charge in [-0.2, -0.15) is 0 Å². The quantitative estimate of drug-likeness (QED) is 0.406. The number of anilines is 1. The summed E-state index contributed by atoms with van der Waals surface area (Å²) in [4.78, 5) is 15.6. The molecular weight excluding hydrogens is 410 g/mol. The van der Waals surface area contributed by atoms with Crippen molar-refractivity contribution in [3.05, 3.63) is 114 Å². The van der Waals surface area contributed by atoms with Gasteiger partial charge in [-0.05, 0) is 67.4 Å². The highest BCUT2D eigenvalue weighted by Crippen LogP contribution is 2.37. The second-order valence-corrected chi connectivity index (χ2v) is 8.26. The van der Waals surface area contributed by atoms with Gasteiger partial charge in [0.15, 0.2) is 0 Å². The van der Waals surface area contributed by atoms with E-state index in [-0.39, 0.29) is 12.1 Å². The molecule has 33 heavy (non-hydrogen) atoms. The van der Waals surface area contributed by atoms with Crippen molar-refractivity contribution < 1.29 is 9.53 Å². The SMILES string of the molecule is CCOc1ccc(NC(=O)N2Cc3ccccc3-n3cccc3[C@@H]2c2cccc(C)c2)cc1. The van der Waals surface area contributed by atoms with Crippen LogP contribution in [0.5, 0.6) is 5.75 Å². The number of amides is 2. The summed E-state index contributed by atoms with van der Waals surface area (Å²) in [6.45, 7) is 5.14. The standard InChI is InChI=1S/C28H27N3O2/c1-3-33-24-15-13-23(14-16-24)29-28(32)31-19-22-9-4-5-11-25(22)30-17-7-12-26(30)27(31)21-10-6-8-20(2)18-21/h4-18,27H,3,19H2,1-2H3,(H,29,32)/t27-/m0/s1. The smallest absolute Gasteiger partial charge is 0.322 e. The molecule has 1 aliphatic rings. The Morgan fingerprint density at radius 3 is 2.61 bits per heavy atom. The molecular formula is C28H27N3O2. The Morgan fingerprint density at radius 1 is 1.00 bits per heavy atom. The molecule has 3 aromatic carbocycles. The van der Waals surface area contributed by atoms with Crippen LogP contribution in [0.3, 0.4) is 0 Å². The molecule has 0 spiro atoms. The monoisotopic (exact) mass is 437 g/mol. The maximum Gasteiger partial charge on any atom is 0.322 e. The minimum absolute atomic E-state index is 0.143. The Hall–Kier alpha value is -3.99. The van der Waals surface area contributed by atoms with Gasteiger partial charge in [-0.15, -0.1) is 0 Å². The van der Waals surface area contributed by atoms with Gasteiger partial charge in [-0.3, -0.25) is 0 Å². The van der Waals surface area contributed by atoms with Crippen molar-refractivity contribution in [1.29, 1.82) is 0 Å². The highest BCUT2D eigenvalue weighted by atomic mass is 16.5. The Kier molecular flexibility index (Phi) is 5.61. The minimum Gasteiger partial charge on any atom is -0.494 e. The lowest BCUT2D eigenvalue weighted by Gasteiger charge is -2.31. The maximum atomic E-state index is 13.7. The minimum atomic E-state index is -0.227. The first-order chi connectivity index (χ1) is 16.1. The zero-order chi connectivity index (χ0) is 22.8. The Labute approximate surface area is 194 Å². The molecule has 1 N–H and O–H groups in total. The highest BCUT2D eigenvalue weighted by Gasteiger charge is 2.33. The van der Waals surface area contributed by atoms with E-state index in [0.29, 0.717) is 13.2 Å². The number of hydrogen-bond donors (Lipinski definition) is 1. The van der Waals surface area contributed by atoms with E-state index in [2.05, 4.69) is 65.5 Å². The molecule has 0 radical (unpaired) electrons. The number of carbonyl (C=O) groups is 1. The lowest BCUT2D eigenvalue weighted by atomic mass is 10.00. The fraction of sp³-hybridized carbons (Fsp3) is 0.179. The van der Waals surface area contributed by atoms with Crippen LogP contribution in [0.15, 0.2) is 91.1 Å². The maximum absolute atomic E-state index is 13.7. The zero-order valence-corrected chi connectivity index (χ0v) is 18.9. The van der Waals surface area contributed by atoms with Crippen molar-refractivity contribution in [2.45, 2.75) is 26.4 Å². The first-order valence-corrected chi connectivity index (χ1v) is 11.3. The molecule has 4 aromatic rings. The van der Waals surface area contributed by atoms with Crippen molar-refractivity contribution in [3.63, 3.8) is 0 Å². The third-order valence-corrected chi connectivity index (χ3v) is 6.00. The lowest BCUT2D eigenvalue weighted by Crippen LogP contribution is -2.37. The van der Waals surface area contributed by atoms with E-state index < -0.39 is 0 Å². The fourth-order valence-corrected chi connectivity index (χ4v) is 4.53. The number of benzene rings is 3. The van der Waals surface area contributed by atoms with E-state index in [1.807, 2.05) is 54.3 Å². The number of nitrogens with one attached hydrogen (secondary N) is 1. The van der Waals surface area contributed by atoms with Crippen LogP contribution in [-0.4, -0.2) is 22.1 Å². The molecule has 0 fully saturated rings. The molecule has 0 unspecified atom stereocenters. The van der Waals surface area contributed by atoms with E-state index in [9.17, 15) is 4.79 Å². The largest absolute Gasteiger partial charge is 0.494 e. The first kappa shape index (κ1) is 20.9. The van der Waals surface area contributed by atoms with Crippen molar-refractivity contribution in [1.82, 2.24) is 9.47 Å². The van der Waals surface area contributed by atoms with Crippen molar-refractivity contribution in [2.24, 2.45) is 0 Å². The number of fused-ring (bicyclic) bond motifs is 3. The first-order valence-electron chi connectivity index (χ1n) is 11.3. The summed E-state index contributed by atoms with van der Waals surface area (Å²) in [6, 6.07) is 27.9. The average molecular weight is 438 g/mol. The van der Waals surface area contributed by atoms with Crippen LogP contribution in [0, 0.1) is 6.92 Å². The van der Waals surface area contributed by atoms with Crippen LogP contribution in [0.2, 0.25) is 0 Å². The number of rotatable bonds is 4. The zero-order valence-electron chi connectivity index (χ0n) is 18.9. The summed E-state index contributed by atoms with van der Waals surface area (Å²) in [5.41, 5.74) is 6.26. The van der Waals surface area contributed by atoms with Gasteiger partial charge in [0.05, 0.1) is 24.9 Å². The molecule has 5 heteroatoms. The molecule has 0 saturated heterocycles. The van der Waals surface area contributed by atoms with E-state index in [4.69, 9.17) is 4.74 Å². The van der Waals surface area contributed by atoms with Crippen LogP contribution < -0.4 is 10.1 Å². The van der Waals surface area contributed by atoms with Crippen LogP contribution in [0.25, 0.3) is 5.69 Å². The molecule has 5 rings (SSSR count). The summed E-state index contributed by atoms with van der Waals surface area (Å²) < 4.78 is 7.73. The Bertz CT molecular complexity index is 1280. The Balaban J connectivity index is 1.56. The number of urea groups is 1. The number of nitrogens with zero attached hydrogens (tertiary/aromatic N) is 2. The molecule has 1 aromatic heterocycles. The van der Waals surface area contributed by atoms with Crippen molar-refractivity contribution in [3.8, 4) is 11.4 Å². The molecule has 1 atom stereocenters. The summed E-state index contributed by atoms with van der Waals surface area (Å²) in [7, 11) is 0. The van der Waals surface area contributed by atoms with Gasteiger partial charge in [0.2, 0.25) is 0 Å². The van der Waals surface area contributed by atoms with Gasteiger partial charge >= 0.3 is 6.03 Å². The number of carbonyl (C=O) groups excluding carboxylic acids is 1. The van der Waals surface area contributed by atoms with Gasteiger partial charge in [-0.1, -0.05) is 48.0 Å². The highest BCUT2D eigenvalue weighted by molar-refractivity contribution is 5.90. The van der Waals surface area contributed by atoms with Gasteiger partial charge in [-0.25, -0.2) is 4.79 Å². The predicted molar refractivity (Wildman–Crippen MR) is 131 cm³/mol. The molecule has 1 aliphatic heterocycles. The van der Waals surface area contributed by atoms with Crippen LogP contribution >= 0.6 is 0 Å². The number of aromatic nitrogens is 1. The van der Waals surface area contributed by atoms with E-state index in [1.165, 1.54) is 5.56 Å². The Morgan fingerprint density at radius 2 is 1.82 bits per heavy atom. The molecule has 5 nitrogen and oxygen atoms in total. The predicted octanol–water partition coefficient (Wildman–Crippen LogP) is 6.32. The topological polar surface area (TPSA) is 46.5 Å². The molecule has 0 bridgehead atoms. The third kappa shape index (κ3) is 4.10. The van der Waals surface area contributed by atoms with E-state index >= 15 is 0 Å². The molecule has 0 aliphatic carbocycles. The molecule has 0 saturated carbocycles. The number of para-hydroxylation sites is 1. The number of hydrogen-bond acceptors (Lipinski definition) is 2. The summed E-state index contributed by atoms with van der Waals surface area (Å²) in [5, 5.41) is 3.10. The summed E-state index contributed by atoms with van der Waals surface area (Å²) >= 11 is 0. The average Bonchev–Trinajstić information content (AvgIpc) is 3.24. The van der Waals surface area contributed by atoms with Gasteiger partial charge in [0, 0.05) is 17.6 Å². The summed E-state index contributed by atoms with van der Waals surface area (Å²) in [6.07, 6.45) is 2.07. The van der Waals surface area contributed by atoms with E-state index in [0.717, 1.165) is 33.9 Å². The summed E-state index contributed by atoms with van der Waals surface area (Å²) in [5.74, 6) is 0.787. The normalized spacial score (nSPS) is 14.7. The third-order valence-electron chi connectivity index (χ3n) is 6.00. The van der Waals surface area contributed by atoms with Crippen LogP contribution in [-0.2, 0) is 6.54 Å². The number of aryl methyl sites for hydroxylation is 1. The van der Waals surface area contributed by atoms with Gasteiger partial charge < -0.3 is 19.5 Å². The van der Waals surface area contributed by atoms with E-state index in [1.54, 1.807) is 0 Å². The number of ether oxygens (including phenoxy) is 1. The van der Waals surface area contributed by atoms with Gasteiger partial charge in [0.25, 0.3) is 0 Å². The molecule has 166 valence electrons. The van der Waals surface area contributed by atoms with Gasteiger partial charge in [0.1, 0.15) is 5.75 Å². The molecule has 2 amide bonds. The van der Waals surface area contributed by atoms with Crippen molar-refractivity contribution in [2.75, 3.05) is 11.9 Å². The molecule has 2 heterocycles.